The smallest absolute Gasteiger partial charge is 0.255 e. The fourth-order valence-electron chi connectivity index (χ4n) is 3.60. The van der Waals surface area contributed by atoms with Gasteiger partial charge in [-0.1, -0.05) is 42.5 Å². The maximum atomic E-state index is 12.8. The van der Waals surface area contributed by atoms with Gasteiger partial charge in [-0.3, -0.25) is 9.69 Å². The van der Waals surface area contributed by atoms with Crippen LogP contribution >= 0.6 is 0 Å². The van der Waals surface area contributed by atoms with Gasteiger partial charge in [0.25, 0.3) is 5.91 Å². The van der Waals surface area contributed by atoms with Crippen LogP contribution in [0, 0.1) is 6.92 Å². The summed E-state index contributed by atoms with van der Waals surface area (Å²) in [5.74, 6) is 0.791. The van der Waals surface area contributed by atoms with E-state index < -0.39 is 0 Å². The summed E-state index contributed by atoms with van der Waals surface area (Å²) in [6.07, 6.45) is 1.66. The van der Waals surface area contributed by atoms with Crippen molar-refractivity contribution in [2.75, 3.05) is 31.5 Å². The van der Waals surface area contributed by atoms with Crippen LogP contribution in [0.4, 0.5) is 11.5 Å². The van der Waals surface area contributed by atoms with Gasteiger partial charge in [0.15, 0.2) is 0 Å². The Labute approximate surface area is 172 Å². The van der Waals surface area contributed by atoms with Gasteiger partial charge in [0.05, 0.1) is 5.56 Å². The molecule has 1 aliphatic rings. The van der Waals surface area contributed by atoms with Crippen LogP contribution in [0.5, 0.6) is 0 Å². The first-order chi connectivity index (χ1) is 14.2. The van der Waals surface area contributed by atoms with E-state index >= 15 is 0 Å². The van der Waals surface area contributed by atoms with Crippen molar-refractivity contribution < 1.29 is 4.79 Å². The Morgan fingerprint density at radius 2 is 1.76 bits per heavy atom. The van der Waals surface area contributed by atoms with Crippen LogP contribution < -0.4 is 5.32 Å². The molecule has 1 saturated heterocycles. The number of anilines is 2. The van der Waals surface area contributed by atoms with E-state index in [1.54, 1.807) is 6.20 Å². The fraction of sp³-hybridized carbons (Fsp3) is 0.250. The summed E-state index contributed by atoms with van der Waals surface area (Å²) in [6.45, 7) is 6.26. The molecule has 0 radical (unpaired) electrons. The van der Waals surface area contributed by atoms with Crippen molar-refractivity contribution >= 4 is 17.4 Å². The second-order valence-corrected chi connectivity index (χ2v) is 7.48. The van der Waals surface area contributed by atoms with Gasteiger partial charge in [0, 0.05) is 44.6 Å². The van der Waals surface area contributed by atoms with Crippen molar-refractivity contribution in [2.45, 2.75) is 13.5 Å². The molecule has 1 aliphatic heterocycles. The Bertz CT molecular complexity index is 948. The summed E-state index contributed by atoms with van der Waals surface area (Å²) in [5.41, 5.74) is 4.13. The zero-order valence-electron chi connectivity index (χ0n) is 16.7. The highest BCUT2D eigenvalue weighted by Crippen LogP contribution is 2.17. The summed E-state index contributed by atoms with van der Waals surface area (Å²) >= 11 is 0. The number of carbonyl (C=O) groups excluding carboxylic acids is 1. The topological polar surface area (TPSA) is 48.5 Å². The Morgan fingerprint density at radius 3 is 2.45 bits per heavy atom. The van der Waals surface area contributed by atoms with Crippen LogP contribution in [-0.2, 0) is 6.54 Å². The van der Waals surface area contributed by atoms with Gasteiger partial charge in [-0.05, 0) is 42.3 Å². The van der Waals surface area contributed by atoms with Gasteiger partial charge < -0.3 is 10.2 Å². The zero-order chi connectivity index (χ0) is 20.1. The highest BCUT2D eigenvalue weighted by Gasteiger charge is 2.22. The third-order valence-electron chi connectivity index (χ3n) is 5.21. The molecule has 0 spiro atoms. The monoisotopic (exact) mass is 386 g/mol. The van der Waals surface area contributed by atoms with E-state index in [4.69, 9.17) is 0 Å². The Hall–Kier alpha value is -3.18. The maximum absolute atomic E-state index is 12.8. The molecule has 5 nitrogen and oxygen atoms in total. The average molecular weight is 386 g/mol. The Kier molecular flexibility index (Phi) is 5.86. The summed E-state index contributed by atoms with van der Waals surface area (Å²) in [4.78, 5) is 21.6. The van der Waals surface area contributed by atoms with Crippen molar-refractivity contribution in [3.63, 3.8) is 0 Å². The number of piperazine rings is 1. The van der Waals surface area contributed by atoms with Crippen molar-refractivity contribution in [1.29, 1.82) is 0 Å². The molecule has 3 aromatic rings. The average Bonchev–Trinajstić information content (AvgIpc) is 2.75. The van der Waals surface area contributed by atoms with Crippen LogP contribution in [0.1, 0.15) is 21.5 Å². The first kappa shape index (κ1) is 19.2. The minimum Gasteiger partial charge on any atom is -0.340 e. The fourth-order valence-corrected chi connectivity index (χ4v) is 3.60. The molecule has 1 amide bonds. The van der Waals surface area contributed by atoms with E-state index in [2.05, 4.69) is 58.5 Å². The van der Waals surface area contributed by atoms with Gasteiger partial charge in [0.1, 0.15) is 5.82 Å². The number of benzene rings is 2. The van der Waals surface area contributed by atoms with Crippen LogP contribution in [0.3, 0.4) is 0 Å². The number of pyridine rings is 1. The Balaban J connectivity index is 1.32. The first-order valence-corrected chi connectivity index (χ1v) is 10.0. The third-order valence-corrected chi connectivity index (χ3v) is 5.21. The van der Waals surface area contributed by atoms with Gasteiger partial charge >= 0.3 is 0 Å². The molecular weight excluding hydrogens is 360 g/mol. The Morgan fingerprint density at radius 1 is 0.966 bits per heavy atom. The molecule has 1 fully saturated rings. The standard InChI is InChI=1S/C24H26N4O/c1-19-6-5-9-22(16-19)26-23-11-10-21(17-25-23)24(29)28-14-12-27(13-15-28)18-20-7-3-2-4-8-20/h2-11,16-17H,12-15,18H2,1H3,(H,25,26). The molecule has 29 heavy (non-hydrogen) atoms. The van der Waals surface area contributed by atoms with Crippen LogP contribution in [0.15, 0.2) is 72.9 Å². The first-order valence-electron chi connectivity index (χ1n) is 10.0. The van der Waals surface area contributed by atoms with Gasteiger partial charge in [-0.25, -0.2) is 4.98 Å². The molecule has 0 saturated carbocycles. The lowest BCUT2D eigenvalue weighted by molar-refractivity contribution is 0.0628. The van der Waals surface area contributed by atoms with E-state index in [9.17, 15) is 4.79 Å². The van der Waals surface area contributed by atoms with Crippen molar-refractivity contribution in [1.82, 2.24) is 14.8 Å². The van der Waals surface area contributed by atoms with E-state index in [1.165, 1.54) is 11.1 Å². The third kappa shape index (κ3) is 5.00. The lowest BCUT2D eigenvalue weighted by atomic mass is 10.2. The molecule has 1 aromatic heterocycles. The predicted molar refractivity (Wildman–Crippen MR) is 116 cm³/mol. The number of aryl methyl sites for hydroxylation is 1. The second-order valence-electron chi connectivity index (χ2n) is 7.48. The quantitative estimate of drug-likeness (QED) is 0.717. The van der Waals surface area contributed by atoms with E-state index in [1.807, 2.05) is 35.2 Å². The molecule has 5 heteroatoms. The molecule has 4 rings (SSSR count). The maximum Gasteiger partial charge on any atom is 0.255 e. The van der Waals surface area contributed by atoms with Crippen LogP contribution in [0.2, 0.25) is 0 Å². The summed E-state index contributed by atoms with van der Waals surface area (Å²) in [5, 5.41) is 3.28. The number of rotatable bonds is 5. The lowest BCUT2D eigenvalue weighted by Gasteiger charge is -2.34. The SMILES string of the molecule is Cc1cccc(Nc2ccc(C(=O)N3CCN(Cc4ccccc4)CC3)cn2)c1. The second kappa shape index (κ2) is 8.88. The summed E-state index contributed by atoms with van der Waals surface area (Å²) in [7, 11) is 0. The highest BCUT2D eigenvalue weighted by atomic mass is 16.2. The molecule has 1 N–H and O–H groups in total. The molecule has 0 bridgehead atoms. The van der Waals surface area contributed by atoms with Crippen molar-refractivity contribution in [3.05, 3.63) is 89.6 Å². The predicted octanol–water partition coefficient (Wildman–Crippen LogP) is 4.09. The molecule has 148 valence electrons. The molecule has 2 aromatic carbocycles. The molecule has 2 heterocycles. The number of hydrogen-bond donors (Lipinski definition) is 1. The minimum atomic E-state index is 0.0546. The van der Waals surface area contributed by atoms with Crippen molar-refractivity contribution in [2.24, 2.45) is 0 Å². The highest BCUT2D eigenvalue weighted by molar-refractivity contribution is 5.94. The molecule has 0 atom stereocenters. The molecule has 0 unspecified atom stereocenters. The van der Waals surface area contributed by atoms with Gasteiger partial charge in [-0.15, -0.1) is 0 Å². The summed E-state index contributed by atoms with van der Waals surface area (Å²) < 4.78 is 0. The van der Waals surface area contributed by atoms with Crippen LogP contribution in [0.25, 0.3) is 0 Å². The van der Waals surface area contributed by atoms with E-state index in [0.717, 1.165) is 44.2 Å². The lowest BCUT2D eigenvalue weighted by Crippen LogP contribution is -2.48. The number of carbonyl (C=O) groups is 1. The van der Waals surface area contributed by atoms with E-state index in [-0.39, 0.29) is 5.91 Å². The number of amides is 1. The van der Waals surface area contributed by atoms with E-state index in [0.29, 0.717) is 5.56 Å². The molecule has 0 aliphatic carbocycles. The normalized spacial score (nSPS) is 14.6. The van der Waals surface area contributed by atoms with Gasteiger partial charge in [0.2, 0.25) is 0 Å². The molecular formula is C24H26N4O. The zero-order valence-corrected chi connectivity index (χ0v) is 16.7. The minimum absolute atomic E-state index is 0.0546. The number of nitrogens with one attached hydrogen (secondary N) is 1. The van der Waals surface area contributed by atoms with Gasteiger partial charge in [-0.2, -0.15) is 0 Å². The largest absolute Gasteiger partial charge is 0.340 e. The van der Waals surface area contributed by atoms with Crippen LogP contribution in [-0.4, -0.2) is 46.9 Å². The number of nitrogens with zero attached hydrogens (tertiary/aromatic N) is 3. The van der Waals surface area contributed by atoms with Crippen molar-refractivity contribution in [3.8, 4) is 0 Å². The number of hydrogen-bond acceptors (Lipinski definition) is 4. The number of aromatic nitrogens is 1. The summed E-state index contributed by atoms with van der Waals surface area (Å²) in [6, 6.07) is 22.3.